The summed E-state index contributed by atoms with van der Waals surface area (Å²) in [6.45, 7) is 12.6. The van der Waals surface area contributed by atoms with Crippen molar-refractivity contribution in [3.05, 3.63) is 102 Å². The van der Waals surface area contributed by atoms with Gasteiger partial charge >= 0.3 is 0 Å². The summed E-state index contributed by atoms with van der Waals surface area (Å²) < 4.78 is 0. The van der Waals surface area contributed by atoms with E-state index in [-0.39, 0.29) is 48.9 Å². The normalized spacial score (nSPS) is 13.3. The van der Waals surface area contributed by atoms with Gasteiger partial charge in [-0.25, -0.2) is 0 Å². The minimum absolute atomic E-state index is 0. The van der Waals surface area contributed by atoms with E-state index in [4.69, 9.17) is 4.98 Å². The summed E-state index contributed by atoms with van der Waals surface area (Å²) in [4.78, 5) is 25.4. The van der Waals surface area contributed by atoms with Crippen molar-refractivity contribution >= 4 is 27.5 Å². The van der Waals surface area contributed by atoms with Crippen molar-refractivity contribution in [2.45, 2.75) is 72.6 Å². The Morgan fingerprint density at radius 2 is 1.60 bits per heavy atom. The van der Waals surface area contributed by atoms with Crippen molar-refractivity contribution in [1.29, 1.82) is 0 Å². The van der Waals surface area contributed by atoms with E-state index in [0.29, 0.717) is 0 Å². The first-order valence-electron chi connectivity index (χ1n) is 15.8. The van der Waals surface area contributed by atoms with Gasteiger partial charge in [-0.1, -0.05) is 89.4 Å². The summed E-state index contributed by atoms with van der Waals surface area (Å²) in [7, 11) is 0. The molecule has 6 heteroatoms. The first kappa shape index (κ1) is 34.1. The van der Waals surface area contributed by atoms with E-state index >= 15 is 0 Å². The molecule has 1 radical (unpaired) electrons. The van der Waals surface area contributed by atoms with Crippen LogP contribution >= 0.6 is 0 Å². The number of aliphatic hydroxyl groups is 1. The van der Waals surface area contributed by atoms with Crippen molar-refractivity contribution in [3.8, 4) is 22.4 Å². The minimum Gasteiger partial charge on any atom is -0.512 e. The zero-order valence-electron chi connectivity index (χ0n) is 27.0. The molecule has 5 nitrogen and oxygen atoms in total. The quantitative estimate of drug-likeness (QED) is 0.0966. The van der Waals surface area contributed by atoms with Crippen LogP contribution in [0, 0.1) is 18.0 Å². The second-order valence-corrected chi connectivity index (χ2v) is 12.1. The molecular weight excluding hydrogens is 735 g/mol. The van der Waals surface area contributed by atoms with Crippen LogP contribution in [0.2, 0.25) is 0 Å². The van der Waals surface area contributed by atoms with Gasteiger partial charge in [0.2, 0.25) is 0 Å². The molecule has 0 saturated heterocycles. The Bertz CT molecular complexity index is 1820. The summed E-state index contributed by atoms with van der Waals surface area (Å²) in [6.07, 6.45) is 13.8. The number of allylic oxidation sites excluding steroid dienone is 2. The Labute approximate surface area is 280 Å². The molecule has 0 amide bonds. The number of carbonyl (C=O) groups excluding carboxylic acids is 1. The number of pyridine rings is 3. The van der Waals surface area contributed by atoms with Crippen LogP contribution in [0.4, 0.5) is 0 Å². The van der Waals surface area contributed by atoms with Crippen LogP contribution in [-0.4, -0.2) is 25.8 Å². The second kappa shape index (κ2) is 14.6. The van der Waals surface area contributed by atoms with E-state index in [1.165, 1.54) is 39.1 Å². The van der Waals surface area contributed by atoms with Gasteiger partial charge in [-0.2, -0.15) is 0 Å². The predicted octanol–water partition coefficient (Wildman–Crippen LogP) is 9.82. The van der Waals surface area contributed by atoms with Crippen LogP contribution in [0.15, 0.2) is 85.0 Å². The van der Waals surface area contributed by atoms with Crippen molar-refractivity contribution in [1.82, 2.24) is 15.0 Å². The average molecular weight is 777 g/mol. The molecule has 0 atom stereocenters. The van der Waals surface area contributed by atoms with Gasteiger partial charge in [-0.3, -0.25) is 9.78 Å². The Morgan fingerprint density at radius 3 is 2.27 bits per heavy atom. The number of rotatable bonds is 8. The molecule has 235 valence electrons. The topological polar surface area (TPSA) is 76.0 Å². The summed E-state index contributed by atoms with van der Waals surface area (Å²) in [6, 6.07) is 19.2. The third-order valence-electron chi connectivity index (χ3n) is 9.19. The smallest absolute Gasteiger partial charge is 0.162 e. The third-order valence-corrected chi connectivity index (χ3v) is 9.19. The molecule has 0 spiro atoms. The fourth-order valence-electron chi connectivity index (χ4n) is 6.52. The fourth-order valence-corrected chi connectivity index (χ4v) is 6.52. The number of carbonyl (C=O) groups is 1. The number of nitrogens with zero attached hydrogens (tertiary/aromatic N) is 3. The number of benzene rings is 2. The fraction of sp³-hybridized carbons (Fsp3) is 0.333. The largest absolute Gasteiger partial charge is 0.512 e. The number of aliphatic hydroxyl groups excluding tert-OH is 1. The van der Waals surface area contributed by atoms with E-state index < -0.39 is 0 Å². The van der Waals surface area contributed by atoms with Gasteiger partial charge < -0.3 is 15.1 Å². The van der Waals surface area contributed by atoms with Crippen LogP contribution in [0.3, 0.4) is 0 Å². The van der Waals surface area contributed by atoms with Gasteiger partial charge in [-0.15, -0.1) is 11.1 Å². The van der Waals surface area contributed by atoms with E-state index in [1.807, 2.05) is 46.2 Å². The molecule has 0 bridgehead atoms. The number of hydrogen-bond donors (Lipinski definition) is 1. The van der Waals surface area contributed by atoms with E-state index in [2.05, 4.69) is 78.5 Å². The van der Waals surface area contributed by atoms with Gasteiger partial charge in [0.25, 0.3) is 0 Å². The second-order valence-electron chi connectivity index (χ2n) is 12.1. The Balaban J connectivity index is 0.000000249. The molecule has 0 unspecified atom stereocenters. The molecule has 2 aromatic carbocycles. The van der Waals surface area contributed by atoms with Crippen LogP contribution in [0.1, 0.15) is 78.4 Å². The molecule has 1 aliphatic rings. The van der Waals surface area contributed by atoms with Gasteiger partial charge in [0.15, 0.2) is 5.78 Å². The van der Waals surface area contributed by atoms with Crippen LogP contribution < -0.4 is 0 Å². The maximum Gasteiger partial charge on any atom is 0.162 e. The zero-order chi connectivity index (χ0) is 31.4. The Kier molecular flexibility index (Phi) is 11.1. The molecular formula is C39H42IrN3O2-. The number of fused-ring (bicyclic) bond motifs is 4. The van der Waals surface area contributed by atoms with Crippen molar-refractivity contribution in [2.24, 2.45) is 11.8 Å². The van der Waals surface area contributed by atoms with Gasteiger partial charge in [-0.05, 0) is 88.1 Å². The van der Waals surface area contributed by atoms with Crippen molar-refractivity contribution in [2.75, 3.05) is 0 Å². The number of hydrogen-bond acceptors (Lipinski definition) is 5. The standard InChI is InChI=1S/C26H18N3.C13H24O2.Ir/c1-26(2)21-13-18(16-6-4-3-5-7-16)12-17-8-11-28-25(23(17)21)20-15-29-22-9-10-27-14-19(22)24(20)26;1-5-10(6-2)12(14)9-13(15)11(7-3)8-4;/h3-14H,1-2H3;9-11,14H,5-8H2,1-4H3;/q-1;;/b;12-9-;. The summed E-state index contributed by atoms with van der Waals surface area (Å²) >= 11 is 0. The number of ketones is 1. The third kappa shape index (κ3) is 6.64. The molecule has 1 N–H and O–H groups in total. The first-order valence-corrected chi connectivity index (χ1v) is 15.8. The maximum atomic E-state index is 11.7. The Morgan fingerprint density at radius 1 is 0.911 bits per heavy atom. The molecule has 5 aromatic rings. The van der Waals surface area contributed by atoms with Crippen LogP contribution in [0.25, 0.3) is 44.1 Å². The molecule has 3 aromatic heterocycles. The van der Waals surface area contributed by atoms with E-state index in [9.17, 15) is 9.90 Å². The van der Waals surface area contributed by atoms with Crippen molar-refractivity contribution in [3.63, 3.8) is 0 Å². The van der Waals surface area contributed by atoms with E-state index in [0.717, 1.165) is 47.8 Å². The van der Waals surface area contributed by atoms with Crippen molar-refractivity contribution < 1.29 is 30.0 Å². The van der Waals surface area contributed by atoms with Gasteiger partial charge in [0.1, 0.15) is 0 Å². The maximum absolute atomic E-state index is 11.7. The molecule has 0 fully saturated rings. The molecule has 1 aliphatic carbocycles. The molecule has 0 saturated carbocycles. The zero-order valence-corrected chi connectivity index (χ0v) is 29.4. The molecule has 45 heavy (non-hydrogen) atoms. The minimum atomic E-state index is -0.227. The molecule has 3 heterocycles. The van der Waals surface area contributed by atoms with E-state index in [1.54, 1.807) is 6.20 Å². The SMILES string of the molecule is CC1(C)c2c([c-]nc3ccncc23)-c2nccc3cc(-c4ccccc4)cc1c23.CCC(CC)C(=O)/C=C(\O)C(CC)CC.[Ir]. The number of aromatic nitrogens is 3. The monoisotopic (exact) mass is 777 g/mol. The molecule has 6 rings (SSSR count). The summed E-state index contributed by atoms with van der Waals surface area (Å²) in [5.41, 5.74) is 7.57. The Hall–Kier alpha value is -3.73. The first-order chi connectivity index (χ1) is 21.2. The summed E-state index contributed by atoms with van der Waals surface area (Å²) in [5.74, 6) is 0.547. The van der Waals surface area contributed by atoms with Gasteiger partial charge in [0, 0.05) is 56.6 Å². The summed E-state index contributed by atoms with van der Waals surface area (Å²) in [5, 5.41) is 13.2. The molecule has 0 aliphatic heterocycles. The average Bonchev–Trinajstić information content (AvgIpc) is 3.04. The van der Waals surface area contributed by atoms with Crippen LogP contribution in [-0.2, 0) is 30.3 Å². The van der Waals surface area contributed by atoms with Crippen LogP contribution in [0.5, 0.6) is 0 Å². The van der Waals surface area contributed by atoms with Gasteiger partial charge in [0.05, 0.1) is 5.76 Å². The predicted molar refractivity (Wildman–Crippen MR) is 181 cm³/mol.